The molecule has 0 unspecified atom stereocenters. The Labute approximate surface area is 94.6 Å². The van der Waals surface area contributed by atoms with Gasteiger partial charge < -0.3 is 5.32 Å². The van der Waals surface area contributed by atoms with E-state index in [-0.39, 0.29) is 5.82 Å². The van der Waals surface area contributed by atoms with Crippen molar-refractivity contribution in [1.82, 2.24) is 5.32 Å². The minimum atomic E-state index is -0.306. The molecule has 1 heterocycles. The second kappa shape index (κ2) is 4.91. The number of nitrogens with zero attached hydrogens (tertiary/aromatic N) is 1. The van der Waals surface area contributed by atoms with Crippen molar-refractivity contribution in [2.45, 2.75) is 12.8 Å². The van der Waals surface area contributed by atoms with Crippen molar-refractivity contribution in [3.8, 4) is 0 Å². The van der Waals surface area contributed by atoms with Gasteiger partial charge in [0.15, 0.2) is 5.70 Å². The summed E-state index contributed by atoms with van der Waals surface area (Å²) in [5.74, 6) is -0.306. The maximum Gasteiger partial charge on any atom is 0.196 e. The van der Waals surface area contributed by atoms with Gasteiger partial charge in [0.25, 0.3) is 0 Å². The number of benzene rings is 1. The molecule has 0 aromatic heterocycles. The quantitative estimate of drug-likeness (QED) is 0.714. The Morgan fingerprint density at radius 2 is 1.94 bits per heavy atom. The van der Waals surface area contributed by atoms with Crippen LogP contribution >= 0.6 is 0 Å². The molecule has 0 bridgehead atoms. The normalized spacial score (nSPS) is 15.6. The molecule has 1 aliphatic heterocycles. The van der Waals surface area contributed by atoms with Crippen LogP contribution in [0.25, 0.3) is 10.5 Å². The summed E-state index contributed by atoms with van der Waals surface area (Å²) in [6.07, 6.45) is 1.68. The van der Waals surface area contributed by atoms with Crippen LogP contribution in [0.5, 0.6) is 0 Å². The van der Waals surface area contributed by atoms with Gasteiger partial charge in [0.1, 0.15) is 5.82 Å². The van der Waals surface area contributed by atoms with Gasteiger partial charge >= 0.3 is 0 Å². The standard InChI is InChI=1S/C13H13FN2/c1-15-13(10-6-8-16-9-7-10)11-4-2-3-5-12(11)14/h2-5,16H,6-9H2. The summed E-state index contributed by atoms with van der Waals surface area (Å²) < 4.78 is 13.6. The van der Waals surface area contributed by atoms with Crippen LogP contribution in [-0.4, -0.2) is 13.1 Å². The van der Waals surface area contributed by atoms with Crippen molar-refractivity contribution in [3.63, 3.8) is 0 Å². The third-order valence-electron chi connectivity index (χ3n) is 2.78. The van der Waals surface area contributed by atoms with E-state index in [1.54, 1.807) is 18.2 Å². The van der Waals surface area contributed by atoms with E-state index in [4.69, 9.17) is 6.57 Å². The zero-order valence-corrected chi connectivity index (χ0v) is 8.96. The minimum absolute atomic E-state index is 0.306. The molecule has 1 aliphatic rings. The molecule has 1 aromatic carbocycles. The number of rotatable bonds is 1. The molecule has 1 fully saturated rings. The van der Waals surface area contributed by atoms with Crippen molar-refractivity contribution in [2.24, 2.45) is 0 Å². The van der Waals surface area contributed by atoms with Gasteiger partial charge in [-0.05, 0) is 32.0 Å². The highest BCUT2D eigenvalue weighted by Gasteiger charge is 2.15. The maximum atomic E-state index is 13.6. The lowest BCUT2D eigenvalue weighted by molar-refractivity contribution is 0.607. The predicted octanol–water partition coefficient (Wildman–Crippen LogP) is 2.84. The predicted molar refractivity (Wildman–Crippen MR) is 62.0 cm³/mol. The van der Waals surface area contributed by atoms with Crippen molar-refractivity contribution in [2.75, 3.05) is 13.1 Å². The molecular formula is C13H13FN2. The molecule has 82 valence electrons. The van der Waals surface area contributed by atoms with Crippen molar-refractivity contribution in [3.05, 3.63) is 52.6 Å². The topological polar surface area (TPSA) is 16.4 Å². The Kier molecular flexibility index (Phi) is 3.33. The summed E-state index contributed by atoms with van der Waals surface area (Å²) in [6, 6.07) is 6.50. The summed E-state index contributed by atoms with van der Waals surface area (Å²) in [4.78, 5) is 3.50. The van der Waals surface area contributed by atoms with Gasteiger partial charge in [-0.25, -0.2) is 9.24 Å². The van der Waals surface area contributed by atoms with E-state index in [0.29, 0.717) is 11.3 Å². The average Bonchev–Trinajstić information content (AvgIpc) is 2.34. The number of hydrogen-bond acceptors (Lipinski definition) is 1. The van der Waals surface area contributed by atoms with Gasteiger partial charge in [0.2, 0.25) is 0 Å². The minimum Gasteiger partial charge on any atom is -0.316 e. The van der Waals surface area contributed by atoms with Crippen molar-refractivity contribution >= 4 is 5.70 Å². The first-order valence-electron chi connectivity index (χ1n) is 5.38. The number of piperidine rings is 1. The van der Waals surface area contributed by atoms with Crippen LogP contribution in [0.4, 0.5) is 4.39 Å². The van der Waals surface area contributed by atoms with Gasteiger partial charge in [-0.1, -0.05) is 23.8 Å². The summed E-state index contributed by atoms with van der Waals surface area (Å²) in [7, 11) is 0. The lowest BCUT2D eigenvalue weighted by Gasteiger charge is -2.17. The second-order valence-corrected chi connectivity index (χ2v) is 3.79. The lowest BCUT2D eigenvalue weighted by Crippen LogP contribution is -2.23. The van der Waals surface area contributed by atoms with Crippen molar-refractivity contribution < 1.29 is 4.39 Å². The van der Waals surface area contributed by atoms with E-state index in [9.17, 15) is 4.39 Å². The Morgan fingerprint density at radius 1 is 1.25 bits per heavy atom. The van der Waals surface area contributed by atoms with Gasteiger partial charge in [-0.15, -0.1) is 0 Å². The lowest BCUT2D eigenvalue weighted by atomic mass is 9.99. The van der Waals surface area contributed by atoms with E-state index in [1.165, 1.54) is 6.07 Å². The molecule has 2 rings (SSSR count). The van der Waals surface area contributed by atoms with E-state index < -0.39 is 0 Å². The number of nitrogens with one attached hydrogen (secondary N) is 1. The van der Waals surface area contributed by atoms with Gasteiger partial charge in [-0.3, -0.25) is 0 Å². The smallest absolute Gasteiger partial charge is 0.196 e. The fourth-order valence-electron chi connectivity index (χ4n) is 1.95. The fraction of sp³-hybridized carbons (Fsp3) is 0.308. The highest BCUT2D eigenvalue weighted by Crippen LogP contribution is 2.27. The fourth-order valence-corrected chi connectivity index (χ4v) is 1.95. The molecule has 0 radical (unpaired) electrons. The maximum absolute atomic E-state index is 13.6. The Bertz CT molecular complexity index is 449. The van der Waals surface area contributed by atoms with Crippen LogP contribution in [0, 0.1) is 12.4 Å². The van der Waals surface area contributed by atoms with Crippen LogP contribution in [-0.2, 0) is 0 Å². The van der Waals surface area contributed by atoms with Crippen LogP contribution in [0.2, 0.25) is 0 Å². The summed E-state index contributed by atoms with van der Waals surface area (Å²) in [5, 5.41) is 3.23. The number of halogens is 1. The molecule has 16 heavy (non-hydrogen) atoms. The first kappa shape index (κ1) is 10.8. The molecule has 1 N–H and O–H groups in total. The van der Waals surface area contributed by atoms with Crippen LogP contribution in [0.3, 0.4) is 0 Å². The molecule has 0 aliphatic carbocycles. The molecule has 1 saturated heterocycles. The monoisotopic (exact) mass is 216 g/mol. The highest BCUT2D eigenvalue weighted by atomic mass is 19.1. The molecular weight excluding hydrogens is 203 g/mol. The molecule has 0 atom stereocenters. The summed E-state index contributed by atoms with van der Waals surface area (Å²) in [5.41, 5.74) is 2.01. The largest absolute Gasteiger partial charge is 0.316 e. The zero-order valence-electron chi connectivity index (χ0n) is 8.96. The Morgan fingerprint density at radius 3 is 2.56 bits per heavy atom. The average molecular weight is 216 g/mol. The first-order chi connectivity index (χ1) is 7.83. The SMILES string of the molecule is [C-]#[N+]C(=C1CCNCC1)c1ccccc1F. The van der Waals surface area contributed by atoms with E-state index in [0.717, 1.165) is 31.5 Å². The zero-order chi connectivity index (χ0) is 11.4. The Balaban J connectivity index is 2.43. The van der Waals surface area contributed by atoms with E-state index >= 15 is 0 Å². The van der Waals surface area contributed by atoms with Crippen molar-refractivity contribution in [1.29, 1.82) is 0 Å². The molecule has 0 amide bonds. The molecule has 2 nitrogen and oxygen atoms in total. The number of hydrogen-bond donors (Lipinski definition) is 1. The van der Waals surface area contributed by atoms with E-state index in [1.807, 2.05) is 0 Å². The van der Waals surface area contributed by atoms with Gasteiger partial charge in [0.05, 0.1) is 6.57 Å². The van der Waals surface area contributed by atoms with Gasteiger partial charge in [0, 0.05) is 5.56 Å². The third kappa shape index (κ3) is 2.12. The molecule has 0 spiro atoms. The molecule has 3 heteroatoms. The summed E-state index contributed by atoms with van der Waals surface area (Å²) >= 11 is 0. The molecule has 1 aromatic rings. The highest BCUT2D eigenvalue weighted by molar-refractivity contribution is 5.74. The van der Waals surface area contributed by atoms with Gasteiger partial charge in [-0.2, -0.15) is 0 Å². The van der Waals surface area contributed by atoms with Crippen LogP contribution in [0.15, 0.2) is 29.8 Å². The van der Waals surface area contributed by atoms with Crippen LogP contribution in [0.1, 0.15) is 18.4 Å². The molecule has 0 saturated carbocycles. The van der Waals surface area contributed by atoms with Crippen LogP contribution < -0.4 is 5.32 Å². The third-order valence-corrected chi connectivity index (χ3v) is 2.78. The second-order valence-electron chi connectivity index (χ2n) is 3.79. The Hall–Kier alpha value is -1.66. The summed E-state index contributed by atoms with van der Waals surface area (Å²) in [6.45, 7) is 8.97. The first-order valence-corrected chi connectivity index (χ1v) is 5.38. The van der Waals surface area contributed by atoms with E-state index in [2.05, 4.69) is 10.2 Å².